The third-order valence-electron chi connectivity index (χ3n) is 2.77. The van der Waals surface area contributed by atoms with Crippen LogP contribution >= 0.6 is 11.8 Å². The van der Waals surface area contributed by atoms with Gasteiger partial charge in [0, 0.05) is 30.2 Å². The van der Waals surface area contributed by atoms with E-state index in [1.807, 2.05) is 24.2 Å². The summed E-state index contributed by atoms with van der Waals surface area (Å²) in [6, 6.07) is 4.12. The van der Waals surface area contributed by atoms with E-state index in [2.05, 4.69) is 28.7 Å². The van der Waals surface area contributed by atoms with E-state index >= 15 is 0 Å². The lowest BCUT2D eigenvalue weighted by molar-refractivity contribution is 0.662. The molecule has 1 aromatic rings. The van der Waals surface area contributed by atoms with Gasteiger partial charge in [0.05, 0.1) is 0 Å². The van der Waals surface area contributed by atoms with E-state index in [4.69, 9.17) is 0 Å². The minimum atomic E-state index is 0.563. The number of nitrogens with zero attached hydrogens (tertiary/aromatic N) is 1. The van der Waals surface area contributed by atoms with Crippen molar-refractivity contribution >= 4 is 11.8 Å². The first-order chi connectivity index (χ1) is 6.85. The third kappa shape index (κ3) is 2.49. The molecule has 0 saturated heterocycles. The molecule has 1 aliphatic rings. The molecule has 2 nitrogen and oxygen atoms in total. The number of nitrogens with one attached hydrogen (secondary N) is 1. The molecule has 1 heterocycles. The fourth-order valence-corrected chi connectivity index (χ4v) is 2.28. The summed E-state index contributed by atoms with van der Waals surface area (Å²) < 4.78 is 0.563. The Hall–Kier alpha value is -0.540. The minimum absolute atomic E-state index is 0.563. The van der Waals surface area contributed by atoms with Crippen LogP contribution in [0.1, 0.15) is 18.4 Å². The molecule has 0 aromatic carbocycles. The van der Waals surface area contributed by atoms with Gasteiger partial charge in [0.1, 0.15) is 0 Å². The normalized spacial score (nSPS) is 18.1. The molecule has 0 amide bonds. The van der Waals surface area contributed by atoms with Crippen LogP contribution in [0.15, 0.2) is 24.5 Å². The van der Waals surface area contributed by atoms with Gasteiger partial charge in [-0.1, -0.05) is 0 Å². The first-order valence-corrected chi connectivity index (χ1v) is 6.22. The summed E-state index contributed by atoms with van der Waals surface area (Å²) in [5.41, 5.74) is 1.32. The van der Waals surface area contributed by atoms with Crippen molar-refractivity contribution in [1.29, 1.82) is 0 Å². The quantitative estimate of drug-likeness (QED) is 0.802. The first kappa shape index (κ1) is 9.99. The molecule has 14 heavy (non-hydrogen) atoms. The Morgan fingerprint density at radius 3 is 2.71 bits per heavy atom. The summed E-state index contributed by atoms with van der Waals surface area (Å²) in [7, 11) is 0. The number of hydrogen-bond donors (Lipinski definition) is 1. The van der Waals surface area contributed by atoms with Crippen LogP contribution in [-0.4, -0.2) is 22.5 Å². The maximum atomic E-state index is 4.00. The summed E-state index contributed by atoms with van der Waals surface area (Å²) in [5.74, 6) is 0. The predicted octanol–water partition coefficient (Wildman–Crippen LogP) is 2.07. The van der Waals surface area contributed by atoms with Gasteiger partial charge in [-0.05, 0) is 36.8 Å². The standard InChI is InChI=1S/C11H16N2S/c1-14-11(4-5-11)9-13-8-10-2-6-12-7-3-10/h2-3,6-7,13H,4-5,8-9H2,1H3. The van der Waals surface area contributed by atoms with Crippen LogP contribution in [0.2, 0.25) is 0 Å². The Labute approximate surface area is 89.5 Å². The van der Waals surface area contributed by atoms with Crippen molar-refractivity contribution in [3.63, 3.8) is 0 Å². The van der Waals surface area contributed by atoms with Crippen LogP contribution in [0.4, 0.5) is 0 Å². The van der Waals surface area contributed by atoms with Crippen LogP contribution in [0.5, 0.6) is 0 Å². The predicted molar refractivity (Wildman–Crippen MR) is 61.4 cm³/mol. The number of rotatable bonds is 5. The SMILES string of the molecule is CSC1(CNCc2ccncc2)CC1. The van der Waals surface area contributed by atoms with Gasteiger partial charge in [-0.3, -0.25) is 4.98 Å². The van der Waals surface area contributed by atoms with Crippen molar-refractivity contribution in [2.24, 2.45) is 0 Å². The fourth-order valence-electron chi connectivity index (χ4n) is 1.53. The van der Waals surface area contributed by atoms with Crippen molar-refractivity contribution in [1.82, 2.24) is 10.3 Å². The van der Waals surface area contributed by atoms with Crippen LogP contribution in [0.3, 0.4) is 0 Å². The average molecular weight is 208 g/mol. The molecule has 0 radical (unpaired) electrons. The Morgan fingerprint density at radius 2 is 2.14 bits per heavy atom. The molecular formula is C11H16N2S. The van der Waals surface area contributed by atoms with Gasteiger partial charge in [0.15, 0.2) is 0 Å². The van der Waals surface area contributed by atoms with Crippen LogP contribution in [-0.2, 0) is 6.54 Å². The summed E-state index contributed by atoms with van der Waals surface area (Å²) >= 11 is 2.00. The monoisotopic (exact) mass is 208 g/mol. The topological polar surface area (TPSA) is 24.9 Å². The second kappa shape index (κ2) is 4.32. The van der Waals surface area contributed by atoms with E-state index in [-0.39, 0.29) is 0 Å². The van der Waals surface area contributed by atoms with Crippen LogP contribution in [0, 0.1) is 0 Å². The van der Waals surface area contributed by atoms with Crippen molar-refractivity contribution in [3.8, 4) is 0 Å². The fraction of sp³-hybridized carbons (Fsp3) is 0.545. The molecule has 2 rings (SSSR count). The molecule has 1 N–H and O–H groups in total. The van der Waals surface area contributed by atoms with Crippen molar-refractivity contribution in [2.75, 3.05) is 12.8 Å². The zero-order valence-electron chi connectivity index (χ0n) is 8.49. The zero-order chi connectivity index (χ0) is 9.86. The van der Waals surface area contributed by atoms with E-state index < -0.39 is 0 Å². The first-order valence-electron chi connectivity index (χ1n) is 4.99. The molecule has 1 aliphatic carbocycles. The number of aromatic nitrogens is 1. The van der Waals surface area contributed by atoms with E-state index in [1.54, 1.807) is 0 Å². The van der Waals surface area contributed by atoms with Crippen molar-refractivity contribution in [2.45, 2.75) is 24.1 Å². The second-order valence-electron chi connectivity index (χ2n) is 3.85. The summed E-state index contributed by atoms with van der Waals surface area (Å²) in [6.45, 7) is 2.10. The Morgan fingerprint density at radius 1 is 1.43 bits per heavy atom. The highest BCUT2D eigenvalue weighted by molar-refractivity contribution is 8.00. The summed E-state index contributed by atoms with van der Waals surface area (Å²) in [5, 5.41) is 3.51. The van der Waals surface area contributed by atoms with Crippen LogP contribution < -0.4 is 5.32 Å². The smallest absolute Gasteiger partial charge is 0.0282 e. The molecule has 3 heteroatoms. The van der Waals surface area contributed by atoms with E-state index in [9.17, 15) is 0 Å². The lowest BCUT2D eigenvalue weighted by Crippen LogP contribution is -2.25. The molecule has 0 aliphatic heterocycles. The number of thioether (sulfide) groups is 1. The summed E-state index contributed by atoms with van der Waals surface area (Å²) in [6.07, 6.45) is 8.65. The van der Waals surface area contributed by atoms with Gasteiger partial charge in [-0.15, -0.1) is 0 Å². The van der Waals surface area contributed by atoms with E-state index in [1.165, 1.54) is 18.4 Å². The Balaban J connectivity index is 1.73. The molecule has 76 valence electrons. The highest BCUT2D eigenvalue weighted by atomic mass is 32.2. The number of hydrogen-bond acceptors (Lipinski definition) is 3. The molecule has 1 fully saturated rings. The van der Waals surface area contributed by atoms with E-state index in [0.29, 0.717) is 4.75 Å². The molecule has 0 unspecified atom stereocenters. The maximum absolute atomic E-state index is 4.00. The Bertz CT molecular complexity index is 283. The molecular weight excluding hydrogens is 192 g/mol. The second-order valence-corrected chi connectivity index (χ2v) is 5.12. The lowest BCUT2D eigenvalue weighted by Gasteiger charge is -2.12. The molecule has 1 saturated carbocycles. The molecule has 1 aromatic heterocycles. The largest absolute Gasteiger partial charge is 0.311 e. The van der Waals surface area contributed by atoms with Gasteiger partial charge in [-0.25, -0.2) is 0 Å². The molecule has 0 spiro atoms. The van der Waals surface area contributed by atoms with Gasteiger partial charge < -0.3 is 5.32 Å². The highest BCUT2D eigenvalue weighted by Gasteiger charge is 2.41. The Kier molecular flexibility index (Phi) is 3.08. The number of pyridine rings is 1. The summed E-state index contributed by atoms with van der Waals surface area (Å²) in [4.78, 5) is 4.00. The zero-order valence-corrected chi connectivity index (χ0v) is 9.31. The minimum Gasteiger partial charge on any atom is -0.311 e. The van der Waals surface area contributed by atoms with Gasteiger partial charge >= 0.3 is 0 Å². The molecule has 0 atom stereocenters. The van der Waals surface area contributed by atoms with Crippen molar-refractivity contribution < 1.29 is 0 Å². The third-order valence-corrected chi connectivity index (χ3v) is 4.18. The van der Waals surface area contributed by atoms with Gasteiger partial charge in [0.2, 0.25) is 0 Å². The van der Waals surface area contributed by atoms with Gasteiger partial charge in [0.25, 0.3) is 0 Å². The maximum Gasteiger partial charge on any atom is 0.0282 e. The van der Waals surface area contributed by atoms with Crippen LogP contribution in [0.25, 0.3) is 0 Å². The average Bonchev–Trinajstić information content (AvgIpc) is 3.00. The lowest BCUT2D eigenvalue weighted by atomic mass is 10.2. The van der Waals surface area contributed by atoms with E-state index in [0.717, 1.165) is 13.1 Å². The van der Waals surface area contributed by atoms with Crippen molar-refractivity contribution in [3.05, 3.63) is 30.1 Å². The highest BCUT2D eigenvalue weighted by Crippen LogP contribution is 2.46. The van der Waals surface area contributed by atoms with Gasteiger partial charge in [-0.2, -0.15) is 11.8 Å². The molecule has 0 bridgehead atoms.